The van der Waals surface area contributed by atoms with Crippen molar-refractivity contribution in [2.45, 2.75) is 20.3 Å². The number of amides is 1. The first-order valence-corrected chi connectivity index (χ1v) is 7.43. The van der Waals surface area contributed by atoms with Gasteiger partial charge in [0.25, 0.3) is 5.91 Å². The number of benzene rings is 2. The van der Waals surface area contributed by atoms with E-state index < -0.39 is 0 Å². The third-order valence-corrected chi connectivity index (χ3v) is 3.54. The van der Waals surface area contributed by atoms with E-state index in [1.165, 1.54) is 0 Å². The quantitative estimate of drug-likeness (QED) is 0.804. The number of carbonyl (C=O) groups is 1. The van der Waals surface area contributed by atoms with Gasteiger partial charge < -0.3 is 5.32 Å². The Bertz CT molecular complexity index is 823. The van der Waals surface area contributed by atoms with Gasteiger partial charge in [0.05, 0.1) is 11.4 Å². The van der Waals surface area contributed by atoms with E-state index in [0.717, 1.165) is 17.1 Å². The van der Waals surface area contributed by atoms with Gasteiger partial charge in [-0.3, -0.25) is 4.79 Å². The minimum absolute atomic E-state index is 0.163. The van der Waals surface area contributed by atoms with Gasteiger partial charge in [0.15, 0.2) is 5.82 Å². The summed E-state index contributed by atoms with van der Waals surface area (Å²) in [7, 11) is 0. The summed E-state index contributed by atoms with van der Waals surface area (Å²) in [6, 6.07) is 14.9. The van der Waals surface area contributed by atoms with Crippen molar-refractivity contribution in [3.63, 3.8) is 0 Å². The number of nitrogens with one attached hydrogen (secondary N) is 1. The molecule has 1 N–H and O–H groups in total. The molecule has 3 aromatic rings. The van der Waals surface area contributed by atoms with Crippen LogP contribution in [0.3, 0.4) is 0 Å². The number of anilines is 1. The third kappa shape index (κ3) is 3.11. The fourth-order valence-electron chi connectivity index (χ4n) is 2.28. The number of aryl methyl sites for hydroxylation is 2. The smallest absolute Gasteiger partial charge is 0.255 e. The summed E-state index contributed by atoms with van der Waals surface area (Å²) >= 11 is 0. The molecule has 0 aliphatic heterocycles. The van der Waals surface area contributed by atoms with Crippen molar-refractivity contribution in [3.05, 3.63) is 65.5 Å². The Hall–Kier alpha value is -3.02. The van der Waals surface area contributed by atoms with Crippen LogP contribution < -0.4 is 5.32 Å². The first-order chi connectivity index (χ1) is 11.2. The van der Waals surface area contributed by atoms with E-state index in [9.17, 15) is 4.79 Å². The lowest BCUT2D eigenvalue weighted by atomic mass is 10.1. The zero-order valence-electron chi connectivity index (χ0n) is 13.0. The van der Waals surface area contributed by atoms with Crippen molar-refractivity contribution >= 4 is 11.6 Å². The SMILES string of the molecule is CCc1nnnn1-c1ccccc1NC(=O)c1ccc(C)cc1. The van der Waals surface area contributed by atoms with Gasteiger partial charge in [0, 0.05) is 12.0 Å². The first kappa shape index (κ1) is 14.9. The summed E-state index contributed by atoms with van der Waals surface area (Å²) in [5, 5.41) is 14.6. The number of aromatic nitrogens is 4. The topological polar surface area (TPSA) is 72.7 Å². The van der Waals surface area contributed by atoms with Crippen molar-refractivity contribution in [1.82, 2.24) is 20.2 Å². The van der Waals surface area contributed by atoms with Crippen LogP contribution in [0.1, 0.15) is 28.7 Å². The van der Waals surface area contributed by atoms with Crippen molar-refractivity contribution < 1.29 is 4.79 Å². The highest BCUT2D eigenvalue weighted by atomic mass is 16.1. The maximum absolute atomic E-state index is 12.4. The van der Waals surface area contributed by atoms with Crippen LogP contribution in [-0.2, 0) is 6.42 Å². The van der Waals surface area contributed by atoms with Crippen LogP contribution in [0.4, 0.5) is 5.69 Å². The summed E-state index contributed by atoms with van der Waals surface area (Å²) in [6.07, 6.45) is 0.702. The van der Waals surface area contributed by atoms with E-state index in [-0.39, 0.29) is 5.91 Å². The van der Waals surface area contributed by atoms with E-state index in [1.54, 1.807) is 4.68 Å². The highest BCUT2D eigenvalue weighted by Crippen LogP contribution is 2.21. The van der Waals surface area contributed by atoms with Gasteiger partial charge >= 0.3 is 0 Å². The average molecular weight is 307 g/mol. The molecule has 1 amide bonds. The van der Waals surface area contributed by atoms with Gasteiger partial charge in [-0.05, 0) is 41.6 Å². The number of tetrazole rings is 1. The molecule has 0 aliphatic rings. The molecule has 0 aliphatic carbocycles. The first-order valence-electron chi connectivity index (χ1n) is 7.43. The van der Waals surface area contributed by atoms with Crippen molar-refractivity contribution in [1.29, 1.82) is 0 Å². The maximum Gasteiger partial charge on any atom is 0.255 e. The summed E-state index contributed by atoms with van der Waals surface area (Å²) < 4.78 is 1.64. The molecule has 6 nitrogen and oxygen atoms in total. The molecule has 0 bridgehead atoms. The Kier molecular flexibility index (Phi) is 4.14. The minimum atomic E-state index is -0.163. The van der Waals surface area contributed by atoms with Crippen LogP contribution in [0, 0.1) is 6.92 Å². The molecule has 0 atom stereocenters. The number of rotatable bonds is 4. The van der Waals surface area contributed by atoms with Crippen molar-refractivity contribution in [3.8, 4) is 5.69 Å². The molecule has 0 radical (unpaired) electrons. The predicted molar refractivity (Wildman–Crippen MR) is 87.7 cm³/mol. The number of hydrogen-bond acceptors (Lipinski definition) is 4. The maximum atomic E-state index is 12.4. The van der Waals surface area contributed by atoms with Gasteiger partial charge in [-0.25, -0.2) is 0 Å². The summed E-state index contributed by atoms with van der Waals surface area (Å²) in [5.41, 5.74) is 3.14. The number of para-hydroxylation sites is 2. The molecule has 0 saturated heterocycles. The van der Waals surface area contributed by atoms with Crippen LogP contribution in [0.2, 0.25) is 0 Å². The Morgan fingerprint density at radius 3 is 2.61 bits per heavy atom. The van der Waals surface area contributed by atoms with E-state index in [2.05, 4.69) is 20.8 Å². The molecule has 1 aromatic heterocycles. The third-order valence-electron chi connectivity index (χ3n) is 3.54. The highest BCUT2D eigenvalue weighted by Gasteiger charge is 2.13. The lowest BCUT2D eigenvalue weighted by Gasteiger charge is -2.11. The summed E-state index contributed by atoms with van der Waals surface area (Å²) in [6.45, 7) is 3.97. The molecule has 1 heterocycles. The van der Waals surface area contributed by atoms with Crippen molar-refractivity contribution in [2.24, 2.45) is 0 Å². The number of carbonyl (C=O) groups excluding carboxylic acids is 1. The summed E-state index contributed by atoms with van der Waals surface area (Å²) in [4.78, 5) is 12.4. The monoisotopic (exact) mass is 307 g/mol. The zero-order chi connectivity index (χ0) is 16.2. The van der Waals surface area contributed by atoms with Crippen LogP contribution in [-0.4, -0.2) is 26.1 Å². The molecule has 0 saturated carbocycles. The van der Waals surface area contributed by atoms with Gasteiger partial charge in [0.2, 0.25) is 0 Å². The van der Waals surface area contributed by atoms with Crippen LogP contribution in [0.5, 0.6) is 0 Å². The normalized spacial score (nSPS) is 10.5. The van der Waals surface area contributed by atoms with E-state index in [4.69, 9.17) is 0 Å². The molecule has 23 heavy (non-hydrogen) atoms. The summed E-state index contributed by atoms with van der Waals surface area (Å²) in [5.74, 6) is 0.575. The van der Waals surface area contributed by atoms with Gasteiger partial charge in [-0.2, -0.15) is 4.68 Å². The predicted octanol–water partition coefficient (Wildman–Crippen LogP) is 2.79. The van der Waals surface area contributed by atoms with E-state index in [0.29, 0.717) is 17.7 Å². The molecule has 0 fully saturated rings. The zero-order valence-corrected chi connectivity index (χ0v) is 13.0. The second-order valence-corrected chi connectivity index (χ2v) is 5.20. The Morgan fingerprint density at radius 2 is 1.87 bits per heavy atom. The highest BCUT2D eigenvalue weighted by molar-refractivity contribution is 6.05. The lowest BCUT2D eigenvalue weighted by Crippen LogP contribution is -2.14. The fraction of sp³-hybridized carbons (Fsp3) is 0.176. The fourth-order valence-corrected chi connectivity index (χ4v) is 2.28. The van der Waals surface area contributed by atoms with Crippen LogP contribution in [0.25, 0.3) is 5.69 Å². The van der Waals surface area contributed by atoms with E-state index >= 15 is 0 Å². The Labute approximate surface area is 134 Å². The van der Waals surface area contributed by atoms with E-state index in [1.807, 2.05) is 62.4 Å². The largest absolute Gasteiger partial charge is 0.320 e. The number of nitrogens with zero attached hydrogens (tertiary/aromatic N) is 4. The molecular formula is C17H17N5O. The Balaban J connectivity index is 1.92. The molecule has 3 rings (SSSR count). The number of hydrogen-bond donors (Lipinski definition) is 1. The minimum Gasteiger partial charge on any atom is -0.320 e. The molecular weight excluding hydrogens is 290 g/mol. The standard InChI is InChI=1S/C17H17N5O/c1-3-16-19-20-21-22(16)15-7-5-4-6-14(15)18-17(23)13-10-8-12(2)9-11-13/h4-11H,3H2,1-2H3,(H,18,23). The lowest BCUT2D eigenvalue weighted by molar-refractivity contribution is 0.102. The average Bonchev–Trinajstić information content (AvgIpc) is 3.04. The molecule has 0 unspecified atom stereocenters. The van der Waals surface area contributed by atoms with Crippen molar-refractivity contribution in [2.75, 3.05) is 5.32 Å². The molecule has 2 aromatic carbocycles. The van der Waals surface area contributed by atoms with Crippen LogP contribution in [0.15, 0.2) is 48.5 Å². The molecule has 0 spiro atoms. The van der Waals surface area contributed by atoms with Crippen LogP contribution >= 0.6 is 0 Å². The Morgan fingerprint density at radius 1 is 1.13 bits per heavy atom. The van der Waals surface area contributed by atoms with Gasteiger partial charge in [0.1, 0.15) is 0 Å². The molecule has 6 heteroatoms. The van der Waals surface area contributed by atoms with Gasteiger partial charge in [-0.15, -0.1) is 5.10 Å². The van der Waals surface area contributed by atoms with Gasteiger partial charge in [-0.1, -0.05) is 36.8 Å². The second-order valence-electron chi connectivity index (χ2n) is 5.20. The second kappa shape index (κ2) is 6.39. The molecule has 116 valence electrons.